The lowest BCUT2D eigenvalue weighted by atomic mass is 9.77. The Morgan fingerprint density at radius 3 is 2.57 bits per heavy atom. The minimum atomic E-state index is 0.368. The second kappa shape index (κ2) is 4.43. The molecule has 0 aromatic carbocycles. The van der Waals surface area contributed by atoms with Crippen LogP contribution in [-0.4, -0.2) is 18.0 Å². The third-order valence-corrected chi connectivity index (χ3v) is 4.34. The molecule has 2 saturated carbocycles. The number of aldehydes is 1. The summed E-state index contributed by atoms with van der Waals surface area (Å²) in [5, 5.41) is 9.35. The van der Waals surface area contributed by atoms with Crippen molar-refractivity contribution in [1.29, 1.82) is 0 Å². The molecular formula is C12H20O2. The minimum Gasteiger partial charge on any atom is -0.396 e. The molecule has 2 rings (SSSR count). The van der Waals surface area contributed by atoms with E-state index in [-0.39, 0.29) is 0 Å². The summed E-state index contributed by atoms with van der Waals surface area (Å²) < 4.78 is 0. The van der Waals surface area contributed by atoms with Crippen LogP contribution in [0.1, 0.15) is 38.5 Å². The molecule has 2 fully saturated rings. The Bertz CT molecular complexity index is 202. The van der Waals surface area contributed by atoms with E-state index in [1.54, 1.807) is 0 Å². The summed E-state index contributed by atoms with van der Waals surface area (Å²) in [5.74, 6) is 2.94. The van der Waals surface area contributed by atoms with Gasteiger partial charge >= 0.3 is 0 Å². The highest BCUT2D eigenvalue weighted by Crippen LogP contribution is 2.53. The highest BCUT2D eigenvalue weighted by Gasteiger charge is 2.46. The molecule has 1 N–H and O–H groups in total. The lowest BCUT2D eigenvalue weighted by Crippen LogP contribution is -2.25. The SMILES string of the molecule is O=CCCC[C@H]1[C@H]2CC[C@H](C2)[C@H]1CO. The van der Waals surface area contributed by atoms with Crippen molar-refractivity contribution in [3.8, 4) is 0 Å². The molecule has 2 aliphatic rings. The maximum absolute atomic E-state index is 10.2. The van der Waals surface area contributed by atoms with Crippen LogP contribution in [0, 0.1) is 23.7 Å². The molecule has 0 amide bonds. The van der Waals surface area contributed by atoms with E-state index < -0.39 is 0 Å². The highest BCUT2D eigenvalue weighted by molar-refractivity contribution is 5.48. The third-order valence-electron chi connectivity index (χ3n) is 4.34. The van der Waals surface area contributed by atoms with Gasteiger partial charge in [0, 0.05) is 13.0 Å². The summed E-state index contributed by atoms with van der Waals surface area (Å²) in [6, 6.07) is 0. The minimum absolute atomic E-state index is 0.368. The first-order chi connectivity index (χ1) is 6.86. The van der Waals surface area contributed by atoms with Gasteiger partial charge in [0.1, 0.15) is 6.29 Å². The van der Waals surface area contributed by atoms with Crippen molar-refractivity contribution in [3.05, 3.63) is 0 Å². The molecule has 0 aromatic rings. The largest absolute Gasteiger partial charge is 0.396 e. The van der Waals surface area contributed by atoms with Crippen molar-refractivity contribution >= 4 is 6.29 Å². The Hall–Kier alpha value is -0.370. The van der Waals surface area contributed by atoms with E-state index in [0.717, 1.165) is 36.9 Å². The Labute approximate surface area is 85.7 Å². The Kier molecular flexibility index (Phi) is 3.22. The van der Waals surface area contributed by atoms with Crippen LogP contribution in [0.3, 0.4) is 0 Å². The number of hydrogen-bond donors (Lipinski definition) is 1. The van der Waals surface area contributed by atoms with E-state index in [2.05, 4.69) is 0 Å². The van der Waals surface area contributed by atoms with E-state index in [9.17, 15) is 9.90 Å². The van der Waals surface area contributed by atoms with Gasteiger partial charge in [-0.05, 0) is 55.8 Å². The summed E-state index contributed by atoms with van der Waals surface area (Å²) in [7, 11) is 0. The van der Waals surface area contributed by atoms with Gasteiger partial charge in [-0.1, -0.05) is 0 Å². The maximum atomic E-state index is 10.2. The number of carbonyl (C=O) groups excluding carboxylic acids is 1. The zero-order valence-electron chi connectivity index (χ0n) is 8.69. The van der Waals surface area contributed by atoms with Gasteiger partial charge < -0.3 is 9.90 Å². The van der Waals surface area contributed by atoms with Crippen molar-refractivity contribution in [2.24, 2.45) is 23.7 Å². The molecule has 0 aliphatic heterocycles. The summed E-state index contributed by atoms with van der Waals surface area (Å²) in [5.41, 5.74) is 0. The van der Waals surface area contributed by atoms with Crippen LogP contribution in [0.4, 0.5) is 0 Å². The number of fused-ring (bicyclic) bond motifs is 2. The van der Waals surface area contributed by atoms with Crippen LogP contribution in [0.2, 0.25) is 0 Å². The quantitative estimate of drug-likeness (QED) is 0.539. The smallest absolute Gasteiger partial charge is 0.119 e. The van der Waals surface area contributed by atoms with Crippen LogP contribution < -0.4 is 0 Å². The standard InChI is InChI=1S/C12H20O2/c13-6-2-1-3-11-9-4-5-10(7-9)12(11)8-14/h6,9-12,14H,1-5,7-8H2/t9-,10+,11-,12+/m0/s1. The van der Waals surface area contributed by atoms with Crippen molar-refractivity contribution in [2.75, 3.05) is 6.61 Å². The molecule has 2 heteroatoms. The molecule has 4 atom stereocenters. The van der Waals surface area contributed by atoms with E-state index >= 15 is 0 Å². The van der Waals surface area contributed by atoms with Crippen LogP contribution in [0.5, 0.6) is 0 Å². The third kappa shape index (κ3) is 1.72. The number of rotatable bonds is 5. The van der Waals surface area contributed by atoms with Crippen molar-refractivity contribution in [1.82, 2.24) is 0 Å². The first kappa shape index (κ1) is 10.2. The summed E-state index contributed by atoms with van der Waals surface area (Å²) in [6.45, 7) is 0.368. The maximum Gasteiger partial charge on any atom is 0.119 e. The number of carbonyl (C=O) groups is 1. The first-order valence-electron chi connectivity index (χ1n) is 5.91. The monoisotopic (exact) mass is 196 g/mol. The predicted octanol–water partition coefficient (Wildman–Crippen LogP) is 2.01. The predicted molar refractivity (Wildman–Crippen MR) is 54.8 cm³/mol. The number of aliphatic hydroxyl groups excluding tert-OH is 1. The Morgan fingerprint density at radius 1 is 1.21 bits per heavy atom. The van der Waals surface area contributed by atoms with Crippen LogP contribution in [-0.2, 0) is 4.79 Å². The molecule has 0 saturated heterocycles. The van der Waals surface area contributed by atoms with E-state index in [0.29, 0.717) is 18.9 Å². The van der Waals surface area contributed by atoms with Gasteiger partial charge in [0.25, 0.3) is 0 Å². The van der Waals surface area contributed by atoms with Crippen LogP contribution in [0.15, 0.2) is 0 Å². The van der Waals surface area contributed by atoms with Gasteiger partial charge in [-0.2, -0.15) is 0 Å². The molecule has 2 aliphatic carbocycles. The zero-order valence-corrected chi connectivity index (χ0v) is 8.69. The fourth-order valence-electron chi connectivity index (χ4n) is 3.70. The highest BCUT2D eigenvalue weighted by atomic mass is 16.3. The van der Waals surface area contributed by atoms with E-state index in [4.69, 9.17) is 0 Å². The number of hydrogen-bond acceptors (Lipinski definition) is 2. The lowest BCUT2D eigenvalue weighted by molar-refractivity contribution is -0.108. The van der Waals surface area contributed by atoms with Gasteiger partial charge in [-0.3, -0.25) is 0 Å². The molecule has 0 aromatic heterocycles. The van der Waals surface area contributed by atoms with E-state index in [1.807, 2.05) is 0 Å². The van der Waals surface area contributed by atoms with Crippen LogP contribution in [0.25, 0.3) is 0 Å². The first-order valence-corrected chi connectivity index (χ1v) is 5.91. The van der Waals surface area contributed by atoms with Gasteiger partial charge in [-0.25, -0.2) is 0 Å². The van der Waals surface area contributed by atoms with Crippen molar-refractivity contribution in [2.45, 2.75) is 38.5 Å². The summed E-state index contributed by atoms with van der Waals surface area (Å²) >= 11 is 0. The molecule has 2 nitrogen and oxygen atoms in total. The van der Waals surface area contributed by atoms with Gasteiger partial charge in [-0.15, -0.1) is 0 Å². The second-order valence-electron chi connectivity index (χ2n) is 4.94. The molecule has 0 radical (unpaired) electrons. The Balaban J connectivity index is 1.86. The molecule has 0 unspecified atom stereocenters. The second-order valence-corrected chi connectivity index (χ2v) is 4.94. The van der Waals surface area contributed by atoms with Crippen molar-refractivity contribution in [3.63, 3.8) is 0 Å². The molecule has 0 spiro atoms. The fraction of sp³-hybridized carbons (Fsp3) is 0.917. The molecule has 0 heterocycles. The molecule has 14 heavy (non-hydrogen) atoms. The number of aliphatic hydroxyl groups is 1. The van der Waals surface area contributed by atoms with Gasteiger partial charge in [0.15, 0.2) is 0 Å². The molecule has 2 bridgehead atoms. The van der Waals surface area contributed by atoms with E-state index in [1.165, 1.54) is 19.3 Å². The normalized spacial score (nSPS) is 40.4. The van der Waals surface area contributed by atoms with Gasteiger partial charge in [0.2, 0.25) is 0 Å². The van der Waals surface area contributed by atoms with Crippen molar-refractivity contribution < 1.29 is 9.90 Å². The lowest BCUT2D eigenvalue weighted by Gasteiger charge is -2.29. The number of unbranched alkanes of at least 4 members (excludes halogenated alkanes) is 1. The van der Waals surface area contributed by atoms with Crippen LogP contribution >= 0.6 is 0 Å². The molecular weight excluding hydrogens is 176 g/mol. The zero-order chi connectivity index (χ0) is 9.97. The summed E-state index contributed by atoms with van der Waals surface area (Å²) in [4.78, 5) is 10.2. The average molecular weight is 196 g/mol. The fourth-order valence-corrected chi connectivity index (χ4v) is 3.70. The topological polar surface area (TPSA) is 37.3 Å². The molecule has 80 valence electrons. The summed E-state index contributed by atoms with van der Waals surface area (Å²) in [6.07, 6.45) is 7.94. The average Bonchev–Trinajstić information content (AvgIpc) is 2.78. The Morgan fingerprint density at radius 2 is 1.93 bits per heavy atom. The van der Waals surface area contributed by atoms with Gasteiger partial charge in [0.05, 0.1) is 0 Å².